The molecule has 2 unspecified atom stereocenters. The molecule has 1 aliphatic rings. The summed E-state index contributed by atoms with van der Waals surface area (Å²) in [4.78, 5) is 13.6. The molecule has 6 nitrogen and oxygen atoms in total. The lowest BCUT2D eigenvalue weighted by Gasteiger charge is -2.35. The van der Waals surface area contributed by atoms with Crippen molar-refractivity contribution in [3.05, 3.63) is 42.2 Å². The van der Waals surface area contributed by atoms with Gasteiger partial charge in [-0.25, -0.2) is 17.5 Å². The maximum atomic E-state index is 13.9. The summed E-state index contributed by atoms with van der Waals surface area (Å²) in [5.41, 5.74) is 0.122. The highest BCUT2D eigenvalue weighted by Crippen LogP contribution is 2.19. The van der Waals surface area contributed by atoms with Gasteiger partial charge in [-0.05, 0) is 32.0 Å². The maximum Gasteiger partial charge on any atom is 0.254 e. The Morgan fingerprint density at radius 2 is 2.04 bits per heavy atom. The van der Waals surface area contributed by atoms with E-state index >= 15 is 0 Å². The van der Waals surface area contributed by atoms with Gasteiger partial charge in [-0.2, -0.15) is 0 Å². The normalized spacial score (nSPS) is 21.5. The number of carbonyl (C=O) groups excluding carboxylic acids is 1. The molecule has 1 aromatic rings. The smallest absolute Gasteiger partial charge is 0.254 e. The maximum absolute atomic E-state index is 13.9. The van der Waals surface area contributed by atoms with Gasteiger partial charge in [0.15, 0.2) is 0 Å². The van der Waals surface area contributed by atoms with E-state index in [4.69, 9.17) is 4.74 Å². The van der Waals surface area contributed by atoms with E-state index in [-0.39, 0.29) is 30.2 Å². The van der Waals surface area contributed by atoms with Gasteiger partial charge in [-0.3, -0.25) is 4.79 Å². The number of ether oxygens (including phenoxy) is 1. The number of hydrogen-bond acceptors (Lipinski definition) is 4. The molecule has 8 heteroatoms. The summed E-state index contributed by atoms with van der Waals surface area (Å²) in [7, 11) is -4.05. The summed E-state index contributed by atoms with van der Waals surface area (Å²) < 4.78 is 45.9. The van der Waals surface area contributed by atoms with Crippen molar-refractivity contribution in [2.45, 2.75) is 31.0 Å². The van der Waals surface area contributed by atoms with Crippen molar-refractivity contribution >= 4 is 15.9 Å². The molecule has 1 aliphatic heterocycles. The van der Waals surface area contributed by atoms with Crippen molar-refractivity contribution in [2.24, 2.45) is 0 Å². The van der Waals surface area contributed by atoms with Crippen LogP contribution in [0.4, 0.5) is 4.39 Å². The van der Waals surface area contributed by atoms with Crippen molar-refractivity contribution in [1.29, 1.82) is 0 Å². The quantitative estimate of drug-likeness (QED) is 0.812. The molecule has 0 saturated carbocycles. The Morgan fingerprint density at radius 1 is 1.42 bits per heavy atom. The van der Waals surface area contributed by atoms with Crippen LogP contribution in [0, 0.1) is 5.82 Å². The van der Waals surface area contributed by atoms with Crippen LogP contribution >= 0.6 is 0 Å². The number of amides is 1. The van der Waals surface area contributed by atoms with Crippen LogP contribution in [0.2, 0.25) is 0 Å². The fourth-order valence-corrected chi connectivity index (χ4v) is 3.71. The van der Waals surface area contributed by atoms with Gasteiger partial charge in [0.2, 0.25) is 10.0 Å². The first-order chi connectivity index (χ1) is 11.2. The third-order valence-corrected chi connectivity index (χ3v) is 5.03. The van der Waals surface area contributed by atoms with Gasteiger partial charge in [0, 0.05) is 25.2 Å². The molecule has 0 spiro atoms. The van der Waals surface area contributed by atoms with Crippen molar-refractivity contribution in [1.82, 2.24) is 9.62 Å². The molecule has 0 aromatic heterocycles. The molecule has 1 N–H and O–H groups in total. The third-order valence-electron chi connectivity index (χ3n) is 3.59. The van der Waals surface area contributed by atoms with E-state index in [0.29, 0.717) is 13.1 Å². The minimum absolute atomic E-state index is 0.0293. The van der Waals surface area contributed by atoms with Crippen LogP contribution in [-0.2, 0) is 14.8 Å². The van der Waals surface area contributed by atoms with Crippen LogP contribution in [-0.4, -0.2) is 51.1 Å². The van der Waals surface area contributed by atoms with E-state index in [1.807, 2.05) is 13.8 Å². The van der Waals surface area contributed by atoms with Gasteiger partial charge >= 0.3 is 0 Å². The molecule has 1 aromatic carbocycles. The largest absolute Gasteiger partial charge is 0.372 e. The highest BCUT2D eigenvalue weighted by atomic mass is 32.2. The van der Waals surface area contributed by atoms with Crippen LogP contribution in [0.5, 0.6) is 0 Å². The SMILES string of the molecule is C=CCNS(=O)(=O)c1cc(C(=O)N2CC(C)OC(C)C2)ccc1F. The number of halogens is 1. The molecule has 1 heterocycles. The second-order valence-corrected chi connectivity index (χ2v) is 7.49. The van der Waals surface area contributed by atoms with E-state index in [9.17, 15) is 17.6 Å². The predicted molar refractivity (Wildman–Crippen MR) is 87.7 cm³/mol. The van der Waals surface area contributed by atoms with Gasteiger partial charge in [0.1, 0.15) is 10.7 Å². The molecule has 132 valence electrons. The molecular formula is C16H21FN2O4S. The molecule has 1 fully saturated rings. The fraction of sp³-hybridized carbons (Fsp3) is 0.438. The minimum atomic E-state index is -4.05. The van der Waals surface area contributed by atoms with Crippen molar-refractivity contribution in [3.8, 4) is 0 Å². The Hall–Kier alpha value is -1.77. The molecule has 0 bridgehead atoms. The lowest BCUT2D eigenvalue weighted by Crippen LogP contribution is -2.48. The first-order valence-electron chi connectivity index (χ1n) is 7.59. The molecular weight excluding hydrogens is 335 g/mol. The number of rotatable bonds is 5. The zero-order valence-corrected chi connectivity index (χ0v) is 14.5. The minimum Gasteiger partial charge on any atom is -0.372 e. The average Bonchev–Trinajstić information content (AvgIpc) is 2.51. The molecule has 0 aliphatic carbocycles. The zero-order chi connectivity index (χ0) is 17.9. The molecule has 1 amide bonds. The average molecular weight is 356 g/mol. The Balaban J connectivity index is 2.30. The van der Waals surface area contributed by atoms with Gasteiger partial charge in [-0.15, -0.1) is 6.58 Å². The van der Waals surface area contributed by atoms with E-state index in [1.165, 1.54) is 12.1 Å². The predicted octanol–water partition coefficient (Wildman–Crippen LogP) is 1.54. The van der Waals surface area contributed by atoms with Crippen molar-refractivity contribution in [3.63, 3.8) is 0 Å². The van der Waals surface area contributed by atoms with Gasteiger partial charge in [-0.1, -0.05) is 6.08 Å². The van der Waals surface area contributed by atoms with Crippen molar-refractivity contribution in [2.75, 3.05) is 19.6 Å². The monoisotopic (exact) mass is 356 g/mol. The van der Waals surface area contributed by atoms with Crippen LogP contribution in [0.1, 0.15) is 24.2 Å². The summed E-state index contributed by atoms with van der Waals surface area (Å²) in [6, 6.07) is 3.34. The fourth-order valence-electron chi connectivity index (χ4n) is 2.62. The second-order valence-electron chi connectivity index (χ2n) is 5.75. The standard InChI is InChI=1S/C16H21FN2O4S/c1-4-7-18-24(21,22)15-8-13(5-6-14(15)17)16(20)19-9-11(2)23-12(3)10-19/h4-6,8,11-12,18H,1,7,9-10H2,2-3H3. The summed E-state index contributed by atoms with van der Waals surface area (Å²) >= 11 is 0. The summed E-state index contributed by atoms with van der Waals surface area (Å²) in [6.07, 6.45) is 1.12. The second kappa shape index (κ2) is 7.42. The number of nitrogens with one attached hydrogen (secondary N) is 1. The Bertz CT molecular complexity index is 726. The first-order valence-corrected chi connectivity index (χ1v) is 9.07. The number of hydrogen-bond donors (Lipinski definition) is 1. The number of morpholine rings is 1. The third kappa shape index (κ3) is 4.19. The Kier molecular flexibility index (Phi) is 5.74. The Labute approximate surface area is 141 Å². The first kappa shape index (κ1) is 18.6. The van der Waals surface area contributed by atoms with Crippen LogP contribution in [0.15, 0.2) is 35.7 Å². The van der Waals surface area contributed by atoms with E-state index in [2.05, 4.69) is 11.3 Å². The highest BCUT2D eigenvalue weighted by molar-refractivity contribution is 7.89. The van der Waals surface area contributed by atoms with Crippen LogP contribution < -0.4 is 4.72 Å². The van der Waals surface area contributed by atoms with E-state index < -0.39 is 20.7 Å². The molecule has 2 rings (SSSR count). The number of carbonyl (C=O) groups is 1. The molecule has 1 saturated heterocycles. The van der Waals surface area contributed by atoms with Crippen LogP contribution in [0.3, 0.4) is 0 Å². The topological polar surface area (TPSA) is 75.7 Å². The van der Waals surface area contributed by atoms with E-state index in [1.54, 1.807) is 4.90 Å². The van der Waals surface area contributed by atoms with Crippen LogP contribution in [0.25, 0.3) is 0 Å². The summed E-state index contributed by atoms with van der Waals surface area (Å²) in [5.74, 6) is -1.26. The number of benzene rings is 1. The van der Waals surface area contributed by atoms with E-state index in [0.717, 1.165) is 12.1 Å². The zero-order valence-electron chi connectivity index (χ0n) is 13.7. The Morgan fingerprint density at radius 3 is 2.62 bits per heavy atom. The number of sulfonamides is 1. The van der Waals surface area contributed by atoms with Gasteiger partial charge < -0.3 is 9.64 Å². The molecule has 24 heavy (non-hydrogen) atoms. The lowest BCUT2D eigenvalue weighted by atomic mass is 10.1. The highest BCUT2D eigenvalue weighted by Gasteiger charge is 2.28. The van der Waals surface area contributed by atoms with Gasteiger partial charge in [0.05, 0.1) is 12.2 Å². The van der Waals surface area contributed by atoms with Crippen molar-refractivity contribution < 1.29 is 22.3 Å². The summed E-state index contributed by atoms with van der Waals surface area (Å²) in [6.45, 7) is 7.89. The molecule has 0 radical (unpaired) electrons. The lowest BCUT2D eigenvalue weighted by molar-refractivity contribution is -0.0586. The van der Waals surface area contributed by atoms with Gasteiger partial charge in [0.25, 0.3) is 5.91 Å². The number of nitrogens with zero attached hydrogens (tertiary/aromatic N) is 1. The molecule has 2 atom stereocenters. The summed E-state index contributed by atoms with van der Waals surface area (Å²) in [5, 5.41) is 0.